The Morgan fingerprint density at radius 1 is 1.42 bits per heavy atom. The summed E-state index contributed by atoms with van der Waals surface area (Å²) in [6.07, 6.45) is 2.75. The monoisotopic (exact) mass is 284 g/mol. The molecular weight excluding hydrogens is 260 g/mol. The highest BCUT2D eigenvalue weighted by Crippen LogP contribution is 2.41. The molecule has 1 N–H and O–H groups in total. The minimum atomic E-state index is -2.02. The third kappa shape index (κ3) is 3.94. The Labute approximate surface area is 115 Å². The molecule has 0 amide bonds. The molecule has 0 fully saturated rings. The van der Waals surface area contributed by atoms with Gasteiger partial charge in [-0.2, -0.15) is 0 Å². The number of carbonyl (C=O) groups is 1. The van der Waals surface area contributed by atoms with Gasteiger partial charge in [0, 0.05) is 5.56 Å². The van der Waals surface area contributed by atoms with Crippen LogP contribution in [0.4, 0.5) is 0 Å². The summed E-state index contributed by atoms with van der Waals surface area (Å²) in [4.78, 5) is 11.1. The van der Waals surface area contributed by atoms with Crippen molar-refractivity contribution in [3.05, 3.63) is 23.7 Å². The average Bonchev–Trinajstić information content (AvgIpc) is 2.60. The second-order valence-electron chi connectivity index (χ2n) is 6.47. The van der Waals surface area contributed by atoms with Crippen LogP contribution in [0.25, 0.3) is 0 Å². The topological polar surface area (TPSA) is 59.7 Å². The van der Waals surface area contributed by atoms with Crippen molar-refractivity contribution in [2.75, 3.05) is 0 Å². The first-order chi connectivity index (χ1) is 8.54. The van der Waals surface area contributed by atoms with Crippen LogP contribution in [0.1, 0.15) is 44.4 Å². The summed E-state index contributed by atoms with van der Waals surface area (Å²) in [6, 6.07) is 0. The summed E-state index contributed by atoms with van der Waals surface area (Å²) < 4.78 is 11.4. The fourth-order valence-electron chi connectivity index (χ4n) is 1.61. The van der Waals surface area contributed by atoms with Gasteiger partial charge >= 0.3 is 5.97 Å². The largest absolute Gasteiger partial charge is 0.481 e. The number of hydrogen-bond acceptors (Lipinski definition) is 3. The third-order valence-corrected chi connectivity index (χ3v) is 8.33. The van der Waals surface area contributed by atoms with Crippen molar-refractivity contribution in [2.24, 2.45) is 0 Å². The van der Waals surface area contributed by atoms with Gasteiger partial charge in [-0.15, -0.1) is 0 Å². The van der Waals surface area contributed by atoms with Gasteiger partial charge in [0.05, 0.1) is 25.1 Å². The summed E-state index contributed by atoms with van der Waals surface area (Å²) >= 11 is 0. The van der Waals surface area contributed by atoms with E-state index in [-0.39, 0.29) is 11.5 Å². The van der Waals surface area contributed by atoms with Gasteiger partial charge in [0.1, 0.15) is 0 Å². The molecule has 0 aromatic carbocycles. The minimum Gasteiger partial charge on any atom is -0.481 e. The van der Waals surface area contributed by atoms with E-state index in [0.717, 1.165) is 11.1 Å². The zero-order chi connectivity index (χ0) is 14.8. The first-order valence-electron chi connectivity index (χ1n) is 6.47. The van der Waals surface area contributed by atoms with Crippen LogP contribution in [0.2, 0.25) is 18.1 Å². The van der Waals surface area contributed by atoms with E-state index in [9.17, 15) is 4.79 Å². The Morgan fingerprint density at radius 3 is 2.37 bits per heavy atom. The van der Waals surface area contributed by atoms with Gasteiger partial charge in [0.2, 0.25) is 0 Å². The van der Waals surface area contributed by atoms with E-state index in [2.05, 4.69) is 33.9 Å². The highest BCUT2D eigenvalue weighted by atomic mass is 28.4. The van der Waals surface area contributed by atoms with Gasteiger partial charge in [-0.05, 0) is 30.6 Å². The molecule has 0 saturated heterocycles. The maximum absolute atomic E-state index is 11.1. The third-order valence-electron chi connectivity index (χ3n) is 3.85. The van der Waals surface area contributed by atoms with E-state index in [0.29, 0.717) is 0 Å². The predicted octanol–water partition coefficient (Wildman–Crippen LogP) is 4.13. The summed E-state index contributed by atoms with van der Waals surface area (Å²) in [5, 5.41) is 9.12. The molecule has 0 spiro atoms. The molecule has 1 aromatic rings. The average molecular weight is 284 g/mol. The van der Waals surface area contributed by atoms with Crippen LogP contribution in [0, 0.1) is 6.92 Å². The van der Waals surface area contributed by atoms with Crippen molar-refractivity contribution < 1.29 is 18.7 Å². The number of furan rings is 1. The molecule has 5 heteroatoms. The Balaban J connectivity index is 3.00. The lowest BCUT2D eigenvalue weighted by atomic mass is 10.1. The number of aryl methyl sites for hydroxylation is 1. The molecule has 1 heterocycles. The molecule has 0 radical (unpaired) electrons. The predicted molar refractivity (Wildman–Crippen MR) is 76.7 cm³/mol. The lowest BCUT2D eigenvalue weighted by molar-refractivity contribution is -0.139. The maximum Gasteiger partial charge on any atom is 0.306 e. The molecule has 108 valence electrons. The molecule has 19 heavy (non-hydrogen) atoms. The van der Waals surface area contributed by atoms with E-state index in [1.54, 1.807) is 12.5 Å². The smallest absolute Gasteiger partial charge is 0.306 e. The number of carboxylic acids is 1. The highest BCUT2D eigenvalue weighted by Gasteiger charge is 2.40. The molecule has 4 nitrogen and oxygen atoms in total. The van der Waals surface area contributed by atoms with Crippen LogP contribution in [-0.4, -0.2) is 19.4 Å². The van der Waals surface area contributed by atoms with Crippen LogP contribution in [0.5, 0.6) is 0 Å². The van der Waals surface area contributed by atoms with Crippen molar-refractivity contribution in [3.63, 3.8) is 0 Å². The summed E-state index contributed by atoms with van der Waals surface area (Å²) in [6.45, 7) is 12.6. The number of hydrogen-bond donors (Lipinski definition) is 1. The number of carboxylic acid groups (broad SMARTS) is 1. The van der Waals surface area contributed by atoms with Crippen LogP contribution < -0.4 is 0 Å². The van der Waals surface area contributed by atoms with E-state index >= 15 is 0 Å². The van der Waals surface area contributed by atoms with Crippen molar-refractivity contribution in [3.8, 4) is 0 Å². The minimum absolute atomic E-state index is 0.0348. The molecule has 0 aliphatic carbocycles. The van der Waals surface area contributed by atoms with Crippen LogP contribution in [0.15, 0.2) is 16.9 Å². The van der Waals surface area contributed by atoms with Crippen molar-refractivity contribution in [1.29, 1.82) is 0 Å². The second kappa shape index (κ2) is 5.51. The first-order valence-corrected chi connectivity index (χ1v) is 9.38. The zero-order valence-corrected chi connectivity index (χ0v) is 13.6. The summed E-state index contributed by atoms with van der Waals surface area (Å²) in [7, 11) is -2.02. The molecule has 0 saturated carbocycles. The molecule has 0 aliphatic heterocycles. The number of rotatable bonds is 5. The molecule has 1 aromatic heterocycles. The fourth-order valence-corrected chi connectivity index (χ4v) is 2.88. The van der Waals surface area contributed by atoms with Gasteiger partial charge in [0.25, 0.3) is 0 Å². The Hall–Kier alpha value is -1.07. The van der Waals surface area contributed by atoms with Crippen LogP contribution >= 0.6 is 0 Å². The van der Waals surface area contributed by atoms with Gasteiger partial charge in [0.15, 0.2) is 8.32 Å². The van der Waals surface area contributed by atoms with Crippen molar-refractivity contribution >= 4 is 14.3 Å². The first kappa shape index (κ1) is 16.0. The summed E-state index contributed by atoms with van der Waals surface area (Å²) in [5.74, 6) is -0.857. The van der Waals surface area contributed by atoms with E-state index < -0.39 is 20.4 Å². The lowest BCUT2D eigenvalue weighted by Gasteiger charge is -2.39. The summed E-state index contributed by atoms with van der Waals surface area (Å²) in [5.41, 5.74) is 1.78. The normalized spacial score (nSPS) is 14.4. The Bertz CT molecular complexity index is 443. The number of aliphatic carboxylic acids is 1. The highest BCUT2D eigenvalue weighted by molar-refractivity contribution is 6.74. The van der Waals surface area contributed by atoms with E-state index in [1.165, 1.54) is 0 Å². The van der Waals surface area contributed by atoms with Gasteiger partial charge in [-0.3, -0.25) is 4.79 Å². The quantitative estimate of drug-likeness (QED) is 0.826. The standard InChI is InChI=1S/C14H24O4Si/c1-10-8-17-9-11(10)12(7-13(15)16)18-19(5,6)14(2,3)4/h8-9,12H,7H2,1-6H3,(H,15,16)/t12-/m1/s1. The van der Waals surface area contributed by atoms with E-state index in [1.807, 2.05) is 6.92 Å². The zero-order valence-electron chi connectivity index (χ0n) is 12.6. The Morgan fingerprint density at radius 2 is 2.00 bits per heavy atom. The molecule has 1 atom stereocenters. The lowest BCUT2D eigenvalue weighted by Crippen LogP contribution is -2.42. The fraction of sp³-hybridized carbons (Fsp3) is 0.643. The molecule has 1 rings (SSSR count). The second-order valence-corrected chi connectivity index (χ2v) is 11.2. The van der Waals surface area contributed by atoms with Gasteiger partial charge in [-0.25, -0.2) is 0 Å². The van der Waals surface area contributed by atoms with E-state index in [4.69, 9.17) is 13.9 Å². The molecule has 0 bridgehead atoms. The van der Waals surface area contributed by atoms with Crippen LogP contribution in [-0.2, 0) is 9.22 Å². The SMILES string of the molecule is Cc1cocc1[C@@H](CC(=O)O)O[Si](C)(C)C(C)(C)C. The van der Waals surface area contributed by atoms with Crippen molar-refractivity contribution in [1.82, 2.24) is 0 Å². The molecule has 0 aliphatic rings. The Kier molecular flexibility index (Phi) is 4.63. The van der Waals surface area contributed by atoms with Crippen LogP contribution in [0.3, 0.4) is 0 Å². The van der Waals surface area contributed by atoms with Gasteiger partial charge in [-0.1, -0.05) is 20.8 Å². The van der Waals surface area contributed by atoms with Crippen molar-refractivity contribution in [2.45, 2.75) is 58.4 Å². The maximum atomic E-state index is 11.1. The van der Waals surface area contributed by atoms with Gasteiger partial charge < -0.3 is 13.9 Å². The molecule has 0 unspecified atom stereocenters. The molecular formula is C14H24O4Si.